The molecule has 0 radical (unpaired) electrons. The van der Waals surface area contributed by atoms with E-state index in [4.69, 9.17) is 10.5 Å². The zero-order chi connectivity index (χ0) is 21.3. The Morgan fingerprint density at radius 1 is 1.27 bits per heavy atom. The molecule has 1 saturated heterocycles. The summed E-state index contributed by atoms with van der Waals surface area (Å²) in [6.45, 7) is 1.47. The Hall–Kier alpha value is -2.94. The third kappa shape index (κ3) is 4.30. The number of amidine groups is 1. The molecule has 1 amide bonds. The molecule has 1 fully saturated rings. The summed E-state index contributed by atoms with van der Waals surface area (Å²) in [6.07, 6.45) is 1.71. The first kappa shape index (κ1) is 20.3. The van der Waals surface area contributed by atoms with Crippen molar-refractivity contribution in [2.75, 3.05) is 19.7 Å². The lowest BCUT2D eigenvalue weighted by Crippen LogP contribution is -2.41. The zero-order valence-electron chi connectivity index (χ0n) is 16.3. The van der Waals surface area contributed by atoms with Gasteiger partial charge in [-0.3, -0.25) is 4.79 Å². The first-order valence-corrected chi connectivity index (χ1v) is 11.3. The predicted octanol–water partition coefficient (Wildman–Crippen LogP) is 2.31. The molecule has 2 aromatic carbocycles. The van der Waals surface area contributed by atoms with Crippen molar-refractivity contribution >= 4 is 21.8 Å². The first-order valence-electron chi connectivity index (χ1n) is 9.70. The highest BCUT2D eigenvalue weighted by Crippen LogP contribution is 2.29. The van der Waals surface area contributed by atoms with Gasteiger partial charge in [-0.25, -0.2) is 12.8 Å². The van der Waals surface area contributed by atoms with Crippen molar-refractivity contribution in [3.63, 3.8) is 0 Å². The molecule has 0 spiro atoms. The van der Waals surface area contributed by atoms with E-state index in [2.05, 4.69) is 4.40 Å². The van der Waals surface area contributed by atoms with Gasteiger partial charge >= 0.3 is 0 Å². The van der Waals surface area contributed by atoms with Crippen LogP contribution in [-0.2, 0) is 15.8 Å². The minimum absolute atomic E-state index is 0.0709. The van der Waals surface area contributed by atoms with Gasteiger partial charge in [0, 0.05) is 24.6 Å². The van der Waals surface area contributed by atoms with E-state index in [-0.39, 0.29) is 23.4 Å². The van der Waals surface area contributed by atoms with Crippen molar-refractivity contribution in [1.82, 2.24) is 4.90 Å². The molecule has 4 rings (SSSR count). The second-order valence-corrected chi connectivity index (χ2v) is 9.21. The summed E-state index contributed by atoms with van der Waals surface area (Å²) in [5.74, 6) is -0.335. The highest BCUT2D eigenvalue weighted by atomic mass is 32.2. The van der Waals surface area contributed by atoms with Crippen molar-refractivity contribution in [2.45, 2.75) is 18.6 Å². The van der Waals surface area contributed by atoms with Crippen molar-refractivity contribution in [3.8, 4) is 5.75 Å². The van der Waals surface area contributed by atoms with Gasteiger partial charge in [-0.1, -0.05) is 18.2 Å². The van der Waals surface area contributed by atoms with E-state index in [1.807, 2.05) is 0 Å². The predicted molar refractivity (Wildman–Crippen MR) is 110 cm³/mol. The van der Waals surface area contributed by atoms with E-state index in [1.54, 1.807) is 29.2 Å². The number of hydrogen-bond acceptors (Lipinski definition) is 5. The summed E-state index contributed by atoms with van der Waals surface area (Å²) in [4.78, 5) is 14.4. The van der Waals surface area contributed by atoms with E-state index in [1.165, 1.54) is 18.2 Å². The highest BCUT2D eigenvalue weighted by Gasteiger charge is 2.28. The number of nitrogens with two attached hydrogens (primary N) is 1. The summed E-state index contributed by atoms with van der Waals surface area (Å²) in [7, 11) is -3.61. The molecule has 1 atom stereocenters. The Morgan fingerprint density at radius 2 is 2.07 bits per heavy atom. The van der Waals surface area contributed by atoms with Gasteiger partial charge in [0.1, 0.15) is 17.4 Å². The van der Waals surface area contributed by atoms with E-state index < -0.39 is 15.8 Å². The number of carbonyl (C=O) groups excluding carboxylic acids is 1. The molecule has 0 unspecified atom stereocenters. The van der Waals surface area contributed by atoms with Crippen LogP contribution in [0.2, 0.25) is 0 Å². The molecule has 0 aliphatic carbocycles. The van der Waals surface area contributed by atoms with Crippen LogP contribution in [0.1, 0.15) is 34.3 Å². The van der Waals surface area contributed by atoms with E-state index in [0.717, 1.165) is 12.8 Å². The molecule has 2 heterocycles. The molecule has 0 aromatic heterocycles. The van der Waals surface area contributed by atoms with Crippen LogP contribution in [-0.4, -0.2) is 44.8 Å². The topological polar surface area (TPSA) is 102 Å². The third-order valence-corrected chi connectivity index (χ3v) is 6.45. The third-order valence-electron chi connectivity index (χ3n) is 5.30. The lowest BCUT2D eigenvalue weighted by atomic mass is 9.98. The molecule has 2 aliphatic heterocycles. The molecule has 7 nitrogen and oxygen atoms in total. The first-order chi connectivity index (χ1) is 14.3. The number of hydrogen-bond donors (Lipinski definition) is 1. The van der Waals surface area contributed by atoms with Gasteiger partial charge in [0.25, 0.3) is 15.9 Å². The average Bonchev–Trinajstić information content (AvgIpc) is 2.70. The van der Waals surface area contributed by atoms with Crippen molar-refractivity contribution in [3.05, 3.63) is 65.0 Å². The van der Waals surface area contributed by atoms with Crippen LogP contribution in [0.25, 0.3) is 0 Å². The molecular formula is C21H22FN3O4S. The number of sulfonamides is 1. The number of rotatable bonds is 4. The molecular weight excluding hydrogens is 409 g/mol. The normalized spacial score (nSPS) is 20.2. The van der Waals surface area contributed by atoms with Gasteiger partial charge in [0.15, 0.2) is 0 Å². The molecule has 9 heteroatoms. The van der Waals surface area contributed by atoms with Gasteiger partial charge in [-0.05, 0) is 42.7 Å². The largest absolute Gasteiger partial charge is 0.492 e. The molecule has 2 aliphatic rings. The zero-order valence-corrected chi connectivity index (χ0v) is 17.1. The molecule has 2 aromatic rings. The van der Waals surface area contributed by atoms with Gasteiger partial charge in [-0.15, -0.1) is 4.40 Å². The fourth-order valence-electron chi connectivity index (χ4n) is 3.93. The second kappa shape index (κ2) is 8.06. The Labute approximate surface area is 174 Å². The maximum Gasteiger partial charge on any atom is 0.259 e. The molecule has 0 saturated carbocycles. The summed E-state index contributed by atoms with van der Waals surface area (Å²) >= 11 is 0. The van der Waals surface area contributed by atoms with Gasteiger partial charge in [0.2, 0.25) is 0 Å². The maximum atomic E-state index is 13.4. The highest BCUT2D eigenvalue weighted by molar-refractivity contribution is 7.89. The number of fused-ring (bicyclic) bond motifs is 1. The number of amides is 1. The molecule has 30 heavy (non-hydrogen) atoms. The van der Waals surface area contributed by atoms with Crippen LogP contribution in [0.5, 0.6) is 5.75 Å². The molecule has 158 valence electrons. The Bertz CT molecular complexity index is 1120. The molecule has 2 N–H and O–H groups in total. The Morgan fingerprint density at radius 3 is 2.87 bits per heavy atom. The van der Waals surface area contributed by atoms with E-state index >= 15 is 0 Å². The Kier molecular flexibility index (Phi) is 5.46. The van der Waals surface area contributed by atoms with Gasteiger partial charge in [0.05, 0.1) is 17.9 Å². The SMILES string of the molecule is NC1=NS(=O)(=O)Cc2cccc(OC[C@H]3CCCN(C(=O)c4cccc(F)c4)C3)c21. The Balaban J connectivity index is 1.45. The average molecular weight is 431 g/mol. The number of piperidine rings is 1. The van der Waals surface area contributed by atoms with Crippen LogP contribution in [0.3, 0.4) is 0 Å². The van der Waals surface area contributed by atoms with Gasteiger partial charge < -0.3 is 15.4 Å². The van der Waals surface area contributed by atoms with Crippen LogP contribution in [0.4, 0.5) is 4.39 Å². The number of benzene rings is 2. The fraction of sp³-hybridized carbons (Fsp3) is 0.333. The minimum Gasteiger partial charge on any atom is -0.492 e. The van der Waals surface area contributed by atoms with Crippen LogP contribution < -0.4 is 10.5 Å². The quantitative estimate of drug-likeness (QED) is 0.800. The van der Waals surface area contributed by atoms with Crippen LogP contribution in [0, 0.1) is 11.7 Å². The number of nitrogens with zero attached hydrogens (tertiary/aromatic N) is 2. The summed E-state index contributed by atoms with van der Waals surface area (Å²) in [5.41, 5.74) is 7.28. The summed E-state index contributed by atoms with van der Waals surface area (Å²) < 4.78 is 46.6. The summed E-state index contributed by atoms with van der Waals surface area (Å²) in [5, 5.41) is 0. The lowest BCUT2D eigenvalue weighted by Gasteiger charge is -2.33. The minimum atomic E-state index is -3.61. The van der Waals surface area contributed by atoms with Crippen LogP contribution >= 0.6 is 0 Å². The number of likely N-dealkylation sites (tertiary alicyclic amines) is 1. The van der Waals surface area contributed by atoms with Crippen molar-refractivity contribution in [1.29, 1.82) is 0 Å². The van der Waals surface area contributed by atoms with Crippen molar-refractivity contribution < 1.29 is 22.3 Å². The van der Waals surface area contributed by atoms with Crippen molar-refractivity contribution in [2.24, 2.45) is 16.0 Å². The van der Waals surface area contributed by atoms with Gasteiger partial charge in [-0.2, -0.15) is 0 Å². The number of halogens is 1. The van der Waals surface area contributed by atoms with E-state index in [9.17, 15) is 17.6 Å². The smallest absolute Gasteiger partial charge is 0.259 e. The fourth-order valence-corrected chi connectivity index (χ4v) is 5.02. The number of carbonyl (C=O) groups is 1. The van der Waals surface area contributed by atoms with E-state index in [0.29, 0.717) is 42.1 Å². The number of ether oxygens (including phenoxy) is 1. The monoisotopic (exact) mass is 431 g/mol. The van der Waals surface area contributed by atoms with Crippen LogP contribution in [0.15, 0.2) is 46.9 Å². The summed E-state index contributed by atoms with van der Waals surface area (Å²) in [6, 6.07) is 10.8. The lowest BCUT2D eigenvalue weighted by molar-refractivity contribution is 0.0633. The maximum absolute atomic E-state index is 13.4. The standard InChI is InChI=1S/C21H22FN3O4S/c22-17-7-1-5-15(10-17)21(26)25-9-3-4-14(11-25)12-29-18-8-2-6-16-13-30(27,28)24-20(23)19(16)18/h1-2,5-8,10,14H,3-4,9,11-13H2,(H2,23,24)/t14-/m0/s1. The second-order valence-electron chi connectivity index (χ2n) is 7.57. The molecule has 0 bridgehead atoms.